The average molecular weight is 254 g/mol. The molecule has 2 fully saturated rings. The van der Waals surface area contributed by atoms with E-state index in [0.717, 1.165) is 18.3 Å². The van der Waals surface area contributed by atoms with E-state index in [0.29, 0.717) is 12.5 Å². The van der Waals surface area contributed by atoms with Gasteiger partial charge in [-0.1, -0.05) is 32.1 Å². The summed E-state index contributed by atoms with van der Waals surface area (Å²) >= 11 is 0. The zero-order chi connectivity index (χ0) is 13.0. The topological polar surface area (TPSA) is 61.4 Å². The summed E-state index contributed by atoms with van der Waals surface area (Å²) in [5, 5.41) is 14.7. The highest BCUT2D eigenvalue weighted by atomic mass is 16.3. The summed E-state index contributed by atoms with van der Waals surface area (Å²) in [6.45, 7) is 2.04. The van der Waals surface area contributed by atoms with Crippen LogP contribution in [-0.4, -0.2) is 29.8 Å². The Morgan fingerprint density at radius 3 is 2.72 bits per heavy atom. The second kappa shape index (κ2) is 6.41. The van der Waals surface area contributed by atoms with Crippen molar-refractivity contribution in [3.63, 3.8) is 0 Å². The van der Waals surface area contributed by atoms with Crippen LogP contribution in [0.3, 0.4) is 0 Å². The lowest BCUT2D eigenvalue weighted by Gasteiger charge is -2.21. The highest BCUT2D eigenvalue weighted by molar-refractivity contribution is 5.74. The Bertz CT molecular complexity index is 277. The number of amides is 2. The monoisotopic (exact) mass is 254 g/mol. The molecule has 2 saturated carbocycles. The number of urea groups is 1. The summed E-state index contributed by atoms with van der Waals surface area (Å²) in [6.07, 6.45) is 8.61. The molecule has 0 saturated heterocycles. The predicted molar refractivity (Wildman–Crippen MR) is 71.3 cm³/mol. The van der Waals surface area contributed by atoms with E-state index < -0.39 is 0 Å². The highest BCUT2D eigenvalue weighted by Crippen LogP contribution is 2.44. The van der Waals surface area contributed by atoms with Gasteiger partial charge in [0.05, 0.1) is 0 Å². The first-order valence-electron chi connectivity index (χ1n) is 7.38. The third-order valence-corrected chi connectivity index (χ3v) is 4.35. The van der Waals surface area contributed by atoms with Crippen molar-refractivity contribution in [1.29, 1.82) is 0 Å². The molecule has 0 heterocycles. The van der Waals surface area contributed by atoms with Gasteiger partial charge in [0, 0.05) is 18.7 Å². The van der Waals surface area contributed by atoms with Crippen LogP contribution < -0.4 is 10.6 Å². The van der Waals surface area contributed by atoms with Gasteiger partial charge in [-0.3, -0.25) is 0 Å². The van der Waals surface area contributed by atoms with Crippen LogP contribution in [0.25, 0.3) is 0 Å². The number of hydrogen-bond donors (Lipinski definition) is 3. The molecule has 2 aliphatic carbocycles. The normalized spacial score (nSPS) is 29.7. The van der Waals surface area contributed by atoms with Gasteiger partial charge in [0.15, 0.2) is 0 Å². The number of rotatable bonds is 5. The van der Waals surface area contributed by atoms with Crippen molar-refractivity contribution in [3.05, 3.63) is 0 Å². The Kier molecular flexibility index (Phi) is 4.87. The van der Waals surface area contributed by atoms with Crippen molar-refractivity contribution < 1.29 is 9.90 Å². The molecule has 0 radical (unpaired) electrons. The van der Waals surface area contributed by atoms with Gasteiger partial charge in [-0.05, 0) is 31.6 Å². The van der Waals surface area contributed by atoms with Crippen LogP contribution in [0.5, 0.6) is 0 Å². The molecule has 4 heteroatoms. The molecule has 2 rings (SSSR count). The van der Waals surface area contributed by atoms with E-state index >= 15 is 0 Å². The Morgan fingerprint density at radius 1 is 1.33 bits per heavy atom. The molecule has 4 nitrogen and oxygen atoms in total. The minimum atomic E-state index is -0.0701. The van der Waals surface area contributed by atoms with Crippen LogP contribution in [0.4, 0.5) is 4.79 Å². The lowest BCUT2D eigenvalue weighted by atomic mass is 9.85. The van der Waals surface area contributed by atoms with Crippen LogP contribution in [0.2, 0.25) is 0 Å². The maximum atomic E-state index is 11.7. The molecule has 2 amide bonds. The summed E-state index contributed by atoms with van der Waals surface area (Å²) < 4.78 is 0. The van der Waals surface area contributed by atoms with Crippen LogP contribution in [0.1, 0.15) is 51.9 Å². The SMILES string of the molecule is C[C@H](CCO)NC(=O)NC1CC1C1CCCCC1. The van der Waals surface area contributed by atoms with Crippen molar-refractivity contribution in [2.24, 2.45) is 11.8 Å². The van der Waals surface area contributed by atoms with E-state index in [9.17, 15) is 4.79 Å². The predicted octanol–water partition coefficient (Wildman–Crippen LogP) is 2.03. The molecule has 0 bridgehead atoms. The molecule has 0 spiro atoms. The van der Waals surface area contributed by atoms with Crippen molar-refractivity contribution in [2.75, 3.05) is 6.61 Å². The van der Waals surface area contributed by atoms with Gasteiger partial charge in [0.1, 0.15) is 0 Å². The summed E-state index contributed by atoms with van der Waals surface area (Å²) in [5.41, 5.74) is 0. The van der Waals surface area contributed by atoms with E-state index in [4.69, 9.17) is 5.11 Å². The van der Waals surface area contributed by atoms with E-state index in [1.165, 1.54) is 32.1 Å². The minimum absolute atomic E-state index is 0.0434. The average Bonchev–Trinajstić information content (AvgIpc) is 3.09. The zero-order valence-electron chi connectivity index (χ0n) is 11.3. The molecular formula is C14H26N2O2. The quantitative estimate of drug-likeness (QED) is 0.703. The summed E-state index contributed by atoms with van der Waals surface area (Å²) in [4.78, 5) is 11.7. The molecule has 0 aromatic heterocycles. The standard InChI is InChI=1S/C14H26N2O2/c1-10(7-8-17)15-14(18)16-13-9-12(13)11-5-3-2-4-6-11/h10-13,17H,2-9H2,1H3,(H2,15,16,18)/t10-,12?,13?/m1/s1. The van der Waals surface area contributed by atoms with Crippen molar-refractivity contribution in [3.8, 4) is 0 Å². The number of carbonyl (C=O) groups excluding carboxylic acids is 1. The Labute approximate surface area is 110 Å². The molecule has 0 aliphatic heterocycles. The lowest BCUT2D eigenvalue weighted by Crippen LogP contribution is -2.42. The highest BCUT2D eigenvalue weighted by Gasteiger charge is 2.43. The van der Waals surface area contributed by atoms with Crippen LogP contribution in [-0.2, 0) is 0 Å². The second-order valence-corrected chi connectivity index (χ2v) is 5.94. The fourth-order valence-electron chi connectivity index (χ4n) is 3.16. The van der Waals surface area contributed by atoms with E-state index in [1.807, 2.05) is 6.92 Å². The molecule has 3 atom stereocenters. The van der Waals surface area contributed by atoms with Crippen LogP contribution in [0.15, 0.2) is 0 Å². The first-order chi connectivity index (χ1) is 8.70. The molecule has 104 valence electrons. The first kappa shape index (κ1) is 13.7. The third-order valence-electron chi connectivity index (χ3n) is 4.35. The van der Waals surface area contributed by atoms with Gasteiger partial charge in [-0.25, -0.2) is 4.79 Å². The molecule has 0 aromatic rings. The fourth-order valence-corrected chi connectivity index (χ4v) is 3.16. The molecule has 0 aromatic carbocycles. The van der Waals surface area contributed by atoms with Gasteiger partial charge in [-0.15, -0.1) is 0 Å². The van der Waals surface area contributed by atoms with Crippen molar-refractivity contribution in [1.82, 2.24) is 10.6 Å². The molecule has 3 N–H and O–H groups in total. The van der Waals surface area contributed by atoms with Crippen LogP contribution >= 0.6 is 0 Å². The molecule has 2 aliphatic rings. The Balaban J connectivity index is 1.64. The molecule has 18 heavy (non-hydrogen) atoms. The Morgan fingerprint density at radius 2 is 2.06 bits per heavy atom. The number of nitrogens with one attached hydrogen (secondary N) is 2. The van der Waals surface area contributed by atoms with Gasteiger partial charge >= 0.3 is 6.03 Å². The smallest absolute Gasteiger partial charge is 0.315 e. The first-order valence-corrected chi connectivity index (χ1v) is 7.38. The number of carbonyl (C=O) groups is 1. The van der Waals surface area contributed by atoms with Gasteiger partial charge < -0.3 is 15.7 Å². The molecule has 2 unspecified atom stereocenters. The van der Waals surface area contributed by atoms with Gasteiger partial charge in [-0.2, -0.15) is 0 Å². The van der Waals surface area contributed by atoms with E-state index in [2.05, 4.69) is 10.6 Å². The number of aliphatic hydroxyl groups is 1. The largest absolute Gasteiger partial charge is 0.396 e. The minimum Gasteiger partial charge on any atom is -0.396 e. The van der Waals surface area contributed by atoms with Crippen molar-refractivity contribution >= 4 is 6.03 Å². The maximum absolute atomic E-state index is 11.7. The third kappa shape index (κ3) is 3.87. The number of aliphatic hydroxyl groups excluding tert-OH is 1. The second-order valence-electron chi connectivity index (χ2n) is 5.94. The van der Waals surface area contributed by atoms with E-state index in [-0.39, 0.29) is 18.7 Å². The summed E-state index contributed by atoms with van der Waals surface area (Å²) in [5.74, 6) is 1.57. The van der Waals surface area contributed by atoms with Gasteiger partial charge in [0.2, 0.25) is 0 Å². The summed E-state index contributed by atoms with van der Waals surface area (Å²) in [6, 6.07) is 0.371. The van der Waals surface area contributed by atoms with Gasteiger partial charge in [0.25, 0.3) is 0 Å². The lowest BCUT2D eigenvalue weighted by molar-refractivity contribution is 0.229. The van der Waals surface area contributed by atoms with Crippen LogP contribution in [0, 0.1) is 11.8 Å². The zero-order valence-corrected chi connectivity index (χ0v) is 11.3. The van der Waals surface area contributed by atoms with E-state index in [1.54, 1.807) is 0 Å². The number of hydrogen-bond acceptors (Lipinski definition) is 2. The van der Waals surface area contributed by atoms with Crippen molar-refractivity contribution in [2.45, 2.75) is 64.0 Å². The molecular weight excluding hydrogens is 228 g/mol. The maximum Gasteiger partial charge on any atom is 0.315 e. The summed E-state index contributed by atoms with van der Waals surface area (Å²) in [7, 11) is 0. The fraction of sp³-hybridized carbons (Fsp3) is 0.929. The Hall–Kier alpha value is -0.770.